The molecule has 1 aromatic rings. The number of hydrogen-bond acceptors (Lipinski definition) is 3. The molecule has 1 aromatic carbocycles. The second-order valence-electron chi connectivity index (χ2n) is 4.28. The Kier molecular flexibility index (Phi) is 7.33. The Bertz CT molecular complexity index is 300. The molecule has 0 saturated heterocycles. The van der Waals surface area contributed by atoms with Crippen molar-refractivity contribution in [1.82, 2.24) is 5.32 Å². The largest absolute Gasteiger partial charge is 0.395 e. The van der Waals surface area contributed by atoms with Crippen molar-refractivity contribution in [2.45, 2.75) is 37.6 Å². The first-order valence-electron chi connectivity index (χ1n) is 6.30. The van der Waals surface area contributed by atoms with Crippen molar-refractivity contribution in [3.05, 3.63) is 29.8 Å². The Balaban J connectivity index is 2.23. The van der Waals surface area contributed by atoms with Crippen molar-refractivity contribution in [1.29, 1.82) is 0 Å². The Hall–Kier alpha value is -0.510. The van der Waals surface area contributed by atoms with Crippen LogP contribution in [0.2, 0.25) is 0 Å². The second-order valence-corrected chi connectivity index (χ2v) is 5.45. The molecule has 3 heteroatoms. The fourth-order valence-electron chi connectivity index (χ4n) is 1.56. The molecule has 2 N–H and O–H groups in total. The first-order valence-corrected chi connectivity index (χ1v) is 7.28. The molecular formula is C14H23NOS. The summed E-state index contributed by atoms with van der Waals surface area (Å²) in [4.78, 5) is 1.31. The Morgan fingerprint density at radius 1 is 1.29 bits per heavy atom. The maximum atomic E-state index is 9.21. The van der Waals surface area contributed by atoms with E-state index in [1.807, 2.05) is 11.8 Å². The van der Waals surface area contributed by atoms with Gasteiger partial charge in [0, 0.05) is 10.9 Å². The third-order valence-corrected chi connectivity index (χ3v) is 3.70. The van der Waals surface area contributed by atoms with Crippen LogP contribution in [0.25, 0.3) is 0 Å². The van der Waals surface area contributed by atoms with E-state index in [-0.39, 0.29) is 12.6 Å². The molecule has 0 bridgehead atoms. The van der Waals surface area contributed by atoms with Gasteiger partial charge in [-0.2, -0.15) is 0 Å². The highest BCUT2D eigenvalue weighted by Gasteiger charge is 2.05. The van der Waals surface area contributed by atoms with Gasteiger partial charge in [0.2, 0.25) is 0 Å². The van der Waals surface area contributed by atoms with Crippen molar-refractivity contribution in [3.63, 3.8) is 0 Å². The summed E-state index contributed by atoms with van der Waals surface area (Å²) in [6, 6.07) is 8.84. The van der Waals surface area contributed by atoms with Gasteiger partial charge in [-0.15, -0.1) is 11.8 Å². The summed E-state index contributed by atoms with van der Waals surface area (Å²) in [7, 11) is 0. The molecule has 0 amide bonds. The minimum Gasteiger partial charge on any atom is -0.395 e. The Morgan fingerprint density at radius 3 is 2.59 bits per heavy atom. The van der Waals surface area contributed by atoms with Gasteiger partial charge in [-0.05, 0) is 44.2 Å². The van der Waals surface area contributed by atoms with E-state index in [0.717, 1.165) is 25.1 Å². The van der Waals surface area contributed by atoms with Crippen LogP contribution in [-0.2, 0) is 0 Å². The number of rotatable bonds is 8. The first-order chi connectivity index (χ1) is 8.26. The van der Waals surface area contributed by atoms with Crippen molar-refractivity contribution in [2.24, 2.45) is 0 Å². The highest BCUT2D eigenvalue weighted by atomic mass is 32.2. The summed E-state index contributed by atoms with van der Waals surface area (Å²) in [5, 5.41) is 12.6. The van der Waals surface area contributed by atoms with Gasteiger partial charge in [0.1, 0.15) is 0 Å². The van der Waals surface area contributed by atoms with E-state index in [9.17, 15) is 5.11 Å². The van der Waals surface area contributed by atoms with Crippen LogP contribution in [0.4, 0.5) is 0 Å². The minimum atomic E-state index is 0.231. The zero-order chi connectivity index (χ0) is 12.5. The van der Waals surface area contributed by atoms with Gasteiger partial charge >= 0.3 is 0 Å². The molecule has 1 atom stereocenters. The number of thioether (sulfide) groups is 1. The van der Waals surface area contributed by atoms with Crippen molar-refractivity contribution in [2.75, 3.05) is 18.9 Å². The van der Waals surface area contributed by atoms with E-state index in [0.29, 0.717) is 0 Å². The molecule has 0 saturated carbocycles. The lowest BCUT2D eigenvalue weighted by Gasteiger charge is -2.15. The number of hydrogen-bond donors (Lipinski definition) is 2. The number of aliphatic hydroxyl groups is 1. The van der Waals surface area contributed by atoms with Crippen LogP contribution in [0, 0.1) is 6.92 Å². The maximum Gasteiger partial charge on any atom is 0.0584 e. The van der Waals surface area contributed by atoms with Gasteiger partial charge in [0.25, 0.3) is 0 Å². The average molecular weight is 253 g/mol. The van der Waals surface area contributed by atoms with Crippen LogP contribution in [0.5, 0.6) is 0 Å². The standard InChI is InChI=1S/C14H23NOS/c1-3-9-15-13(11-16)8-10-17-14-6-4-12(2)5-7-14/h4-7,13,15-16H,3,8-11H2,1-2H3. The molecule has 1 unspecified atom stereocenters. The molecule has 0 aliphatic rings. The summed E-state index contributed by atoms with van der Waals surface area (Å²) >= 11 is 1.86. The highest BCUT2D eigenvalue weighted by Crippen LogP contribution is 2.19. The average Bonchev–Trinajstić information content (AvgIpc) is 2.36. The number of aryl methyl sites for hydroxylation is 1. The molecular weight excluding hydrogens is 230 g/mol. The normalized spacial score (nSPS) is 12.6. The van der Waals surface area contributed by atoms with Crippen molar-refractivity contribution < 1.29 is 5.11 Å². The smallest absolute Gasteiger partial charge is 0.0584 e. The lowest BCUT2D eigenvalue weighted by Crippen LogP contribution is -2.33. The second kappa shape index (κ2) is 8.56. The minimum absolute atomic E-state index is 0.231. The van der Waals surface area contributed by atoms with Crippen LogP contribution in [0.3, 0.4) is 0 Å². The third-order valence-electron chi connectivity index (χ3n) is 2.66. The van der Waals surface area contributed by atoms with Gasteiger partial charge in [-0.3, -0.25) is 0 Å². The first kappa shape index (κ1) is 14.6. The molecule has 0 aliphatic heterocycles. The van der Waals surface area contributed by atoms with Crippen molar-refractivity contribution >= 4 is 11.8 Å². The Labute approximate surface area is 109 Å². The molecule has 0 radical (unpaired) electrons. The van der Waals surface area contributed by atoms with E-state index in [1.165, 1.54) is 10.5 Å². The zero-order valence-corrected chi connectivity index (χ0v) is 11.6. The lowest BCUT2D eigenvalue weighted by atomic mass is 10.2. The summed E-state index contributed by atoms with van der Waals surface area (Å²) < 4.78 is 0. The Morgan fingerprint density at radius 2 is 2.00 bits per heavy atom. The van der Waals surface area contributed by atoms with Crippen LogP contribution in [0.15, 0.2) is 29.2 Å². The molecule has 0 fully saturated rings. The van der Waals surface area contributed by atoms with E-state index >= 15 is 0 Å². The summed E-state index contributed by atoms with van der Waals surface area (Å²) in [6.07, 6.45) is 2.12. The van der Waals surface area contributed by atoms with Crippen LogP contribution in [0.1, 0.15) is 25.3 Å². The molecule has 0 aromatic heterocycles. The van der Waals surface area contributed by atoms with Crippen LogP contribution < -0.4 is 5.32 Å². The van der Waals surface area contributed by atoms with Crippen LogP contribution in [-0.4, -0.2) is 30.1 Å². The van der Waals surface area contributed by atoms with Crippen molar-refractivity contribution in [3.8, 4) is 0 Å². The predicted octanol–water partition coefficient (Wildman–Crippen LogP) is 2.84. The van der Waals surface area contributed by atoms with Gasteiger partial charge < -0.3 is 10.4 Å². The number of nitrogens with one attached hydrogen (secondary N) is 1. The molecule has 0 aliphatic carbocycles. The van der Waals surface area contributed by atoms with E-state index in [4.69, 9.17) is 0 Å². The van der Waals surface area contributed by atoms with Gasteiger partial charge in [0.05, 0.1) is 6.61 Å². The molecule has 0 spiro atoms. The highest BCUT2D eigenvalue weighted by molar-refractivity contribution is 7.99. The number of benzene rings is 1. The maximum absolute atomic E-state index is 9.21. The summed E-state index contributed by atoms with van der Waals surface area (Å²) in [5.41, 5.74) is 1.30. The summed E-state index contributed by atoms with van der Waals surface area (Å²) in [6.45, 7) is 5.46. The van der Waals surface area contributed by atoms with E-state index in [1.54, 1.807) is 0 Å². The molecule has 2 nitrogen and oxygen atoms in total. The van der Waals surface area contributed by atoms with Gasteiger partial charge in [0.15, 0.2) is 0 Å². The zero-order valence-electron chi connectivity index (χ0n) is 10.8. The monoisotopic (exact) mass is 253 g/mol. The topological polar surface area (TPSA) is 32.3 Å². The van der Waals surface area contributed by atoms with E-state index < -0.39 is 0 Å². The quantitative estimate of drug-likeness (QED) is 0.699. The molecule has 0 heterocycles. The summed E-state index contributed by atoms with van der Waals surface area (Å²) in [5.74, 6) is 1.05. The third kappa shape index (κ3) is 6.10. The lowest BCUT2D eigenvalue weighted by molar-refractivity contribution is 0.240. The fraction of sp³-hybridized carbons (Fsp3) is 0.571. The SMILES string of the molecule is CCCNC(CO)CCSc1ccc(C)cc1. The predicted molar refractivity (Wildman–Crippen MR) is 75.7 cm³/mol. The van der Waals surface area contributed by atoms with Gasteiger partial charge in [-0.1, -0.05) is 24.6 Å². The van der Waals surface area contributed by atoms with Crippen LogP contribution >= 0.6 is 11.8 Å². The van der Waals surface area contributed by atoms with E-state index in [2.05, 4.69) is 43.4 Å². The molecule has 96 valence electrons. The molecule has 1 rings (SSSR count). The molecule has 17 heavy (non-hydrogen) atoms. The number of aliphatic hydroxyl groups excluding tert-OH is 1. The van der Waals surface area contributed by atoms with Gasteiger partial charge in [-0.25, -0.2) is 0 Å². The fourth-order valence-corrected chi connectivity index (χ4v) is 2.53.